The van der Waals surface area contributed by atoms with Gasteiger partial charge in [-0.3, -0.25) is 4.99 Å². The van der Waals surface area contributed by atoms with Crippen LogP contribution in [0.4, 0.5) is 5.69 Å². The fourth-order valence-electron chi connectivity index (χ4n) is 2.56. The summed E-state index contributed by atoms with van der Waals surface area (Å²) in [5.74, 6) is -0.0805. The molecule has 1 aromatic carbocycles. The van der Waals surface area contributed by atoms with Gasteiger partial charge in [-0.05, 0) is 44.7 Å². The zero-order valence-corrected chi connectivity index (χ0v) is 15.1. The van der Waals surface area contributed by atoms with Crippen LogP contribution in [0.3, 0.4) is 0 Å². The lowest BCUT2D eigenvalue weighted by molar-refractivity contribution is 0.0697. The van der Waals surface area contributed by atoms with E-state index in [1.807, 2.05) is 6.92 Å². The number of aromatic carboxylic acids is 1. The summed E-state index contributed by atoms with van der Waals surface area (Å²) in [6.45, 7) is 7.95. The van der Waals surface area contributed by atoms with Crippen molar-refractivity contribution >= 4 is 17.6 Å². The molecule has 0 amide bonds. The average Bonchev–Trinajstić information content (AvgIpc) is 2.61. The molecule has 0 spiro atoms. The fourth-order valence-corrected chi connectivity index (χ4v) is 2.56. The molecule has 1 aromatic rings. The van der Waals surface area contributed by atoms with E-state index in [1.54, 1.807) is 24.3 Å². The van der Waals surface area contributed by atoms with Gasteiger partial charge < -0.3 is 25.0 Å². The van der Waals surface area contributed by atoms with E-state index in [0.717, 1.165) is 50.9 Å². The van der Waals surface area contributed by atoms with Gasteiger partial charge in [0.15, 0.2) is 5.96 Å². The van der Waals surface area contributed by atoms with Crippen molar-refractivity contribution in [3.8, 4) is 0 Å². The molecule has 1 saturated heterocycles. The number of hydrogen-bond acceptors (Lipinski definition) is 4. The van der Waals surface area contributed by atoms with Crippen LogP contribution < -0.4 is 5.32 Å². The second-order valence-electron chi connectivity index (χ2n) is 6.05. The van der Waals surface area contributed by atoms with E-state index in [0.29, 0.717) is 13.2 Å². The Kier molecular flexibility index (Phi) is 7.69. The maximum absolute atomic E-state index is 11.0. The van der Waals surface area contributed by atoms with Crippen LogP contribution in [0.5, 0.6) is 0 Å². The summed E-state index contributed by atoms with van der Waals surface area (Å²) in [5, 5.41) is 12.3. The molecule has 25 heavy (non-hydrogen) atoms. The lowest BCUT2D eigenvalue weighted by atomic mass is 10.2. The number of ether oxygens (including phenoxy) is 1. The van der Waals surface area contributed by atoms with Gasteiger partial charge in [-0.25, -0.2) is 4.79 Å². The number of aliphatic imine (C=N–C) groups is 1. The van der Waals surface area contributed by atoms with Gasteiger partial charge in [0.1, 0.15) is 0 Å². The third-order valence-electron chi connectivity index (χ3n) is 4.10. The number of guanidine groups is 1. The number of hydrogen-bond donors (Lipinski definition) is 2. The van der Waals surface area contributed by atoms with E-state index >= 15 is 0 Å². The Morgan fingerprint density at radius 3 is 2.52 bits per heavy atom. The van der Waals surface area contributed by atoms with Crippen LogP contribution in [0.1, 0.15) is 23.7 Å². The molecule has 1 aliphatic rings. The maximum atomic E-state index is 11.0. The fraction of sp³-hybridized carbons (Fsp3) is 0.556. The molecule has 0 saturated carbocycles. The molecule has 0 aliphatic carbocycles. The summed E-state index contributed by atoms with van der Waals surface area (Å²) in [4.78, 5) is 20.2. The number of piperazine rings is 1. The molecule has 7 nitrogen and oxygen atoms in total. The van der Waals surface area contributed by atoms with Crippen molar-refractivity contribution in [1.82, 2.24) is 9.80 Å². The van der Waals surface area contributed by atoms with Gasteiger partial charge in [0.25, 0.3) is 0 Å². The van der Waals surface area contributed by atoms with Crippen molar-refractivity contribution in [2.24, 2.45) is 4.99 Å². The van der Waals surface area contributed by atoms with Crippen LogP contribution in [0.15, 0.2) is 29.3 Å². The number of nitrogens with zero attached hydrogens (tertiary/aromatic N) is 3. The summed E-state index contributed by atoms with van der Waals surface area (Å²) in [7, 11) is 2.12. The Balaban J connectivity index is 2.02. The monoisotopic (exact) mass is 348 g/mol. The van der Waals surface area contributed by atoms with E-state index in [1.165, 1.54) is 0 Å². The summed E-state index contributed by atoms with van der Waals surface area (Å²) >= 11 is 0. The lowest BCUT2D eigenvalue weighted by Gasteiger charge is -2.34. The molecule has 2 rings (SSSR count). The second kappa shape index (κ2) is 10.0. The Bertz CT molecular complexity index is 566. The third-order valence-corrected chi connectivity index (χ3v) is 4.10. The lowest BCUT2D eigenvalue weighted by Crippen LogP contribution is -2.49. The van der Waals surface area contributed by atoms with Gasteiger partial charge in [0.2, 0.25) is 0 Å². The van der Waals surface area contributed by atoms with Gasteiger partial charge in [-0.1, -0.05) is 0 Å². The Hall–Kier alpha value is -2.12. The number of benzene rings is 1. The van der Waals surface area contributed by atoms with E-state index in [-0.39, 0.29) is 5.56 Å². The molecule has 0 bridgehead atoms. The standard InChI is InChI=1S/C18H28N4O3/c1-3-25-14-4-9-19-18(22-12-10-21(2)11-13-22)20-16-7-5-15(6-8-16)17(23)24/h5-8H,3-4,9-14H2,1-2H3,(H,19,20)(H,23,24). The smallest absolute Gasteiger partial charge is 0.335 e. The molecule has 0 aromatic heterocycles. The van der Waals surface area contributed by atoms with Crippen LogP contribution in [0.25, 0.3) is 0 Å². The molecule has 0 unspecified atom stereocenters. The minimum atomic E-state index is -0.921. The number of carbonyl (C=O) groups is 1. The SMILES string of the molecule is CCOCCCN=C(Nc1ccc(C(=O)O)cc1)N1CCN(C)CC1. The quantitative estimate of drug-likeness (QED) is 0.445. The molecule has 2 N–H and O–H groups in total. The van der Waals surface area contributed by atoms with Gasteiger partial charge >= 0.3 is 5.97 Å². The highest BCUT2D eigenvalue weighted by atomic mass is 16.5. The second-order valence-corrected chi connectivity index (χ2v) is 6.05. The Labute approximate surface area is 149 Å². The van der Waals surface area contributed by atoms with Crippen LogP contribution in [0.2, 0.25) is 0 Å². The van der Waals surface area contributed by atoms with Gasteiger partial charge in [0, 0.05) is 51.6 Å². The van der Waals surface area contributed by atoms with E-state index in [4.69, 9.17) is 14.8 Å². The first kappa shape index (κ1) is 19.2. The predicted octanol–water partition coefficient (Wildman–Crippen LogP) is 1.83. The van der Waals surface area contributed by atoms with Gasteiger partial charge in [0.05, 0.1) is 5.56 Å². The average molecular weight is 348 g/mol. The maximum Gasteiger partial charge on any atom is 0.335 e. The predicted molar refractivity (Wildman–Crippen MR) is 99.5 cm³/mol. The summed E-state index contributed by atoms with van der Waals surface area (Å²) < 4.78 is 5.36. The normalized spacial score (nSPS) is 16.1. The van der Waals surface area contributed by atoms with Crippen LogP contribution in [-0.4, -0.2) is 79.8 Å². The molecule has 138 valence electrons. The van der Waals surface area contributed by atoms with E-state index in [2.05, 4.69) is 22.2 Å². The van der Waals surface area contributed by atoms with Crippen molar-refractivity contribution < 1.29 is 14.6 Å². The van der Waals surface area contributed by atoms with Gasteiger partial charge in [-0.15, -0.1) is 0 Å². The number of likely N-dealkylation sites (N-methyl/N-ethyl adjacent to an activating group) is 1. The first-order valence-corrected chi connectivity index (χ1v) is 8.76. The first-order valence-electron chi connectivity index (χ1n) is 8.76. The third kappa shape index (κ3) is 6.36. The zero-order chi connectivity index (χ0) is 18.1. The Morgan fingerprint density at radius 2 is 1.92 bits per heavy atom. The highest BCUT2D eigenvalue weighted by Gasteiger charge is 2.17. The number of anilines is 1. The van der Waals surface area contributed by atoms with E-state index < -0.39 is 5.97 Å². The first-order chi connectivity index (χ1) is 12.1. The molecule has 1 aliphatic heterocycles. The van der Waals surface area contributed by atoms with E-state index in [9.17, 15) is 4.79 Å². The molecular weight excluding hydrogens is 320 g/mol. The van der Waals surface area contributed by atoms with Crippen molar-refractivity contribution in [3.05, 3.63) is 29.8 Å². The number of rotatable bonds is 7. The molecule has 1 fully saturated rings. The van der Waals surface area contributed by atoms with Crippen molar-refractivity contribution in [3.63, 3.8) is 0 Å². The summed E-state index contributed by atoms with van der Waals surface area (Å²) in [6.07, 6.45) is 0.880. The van der Waals surface area contributed by atoms with Gasteiger partial charge in [-0.2, -0.15) is 0 Å². The number of carboxylic acid groups (broad SMARTS) is 1. The van der Waals surface area contributed by atoms with Crippen LogP contribution in [0, 0.1) is 0 Å². The summed E-state index contributed by atoms with van der Waals surface area (Å²) in [6, 6.07) is 6.74. The molecule has 0 atom stereocenters. The van der Waals surface area contributed by atoms with Crippen LogP contribution >= 0.6 is 0 Å². The van der Waals surface area contributed by atoms with Crippen molar-refractivity contribution in [1.29, 1.82) is 0 Å². The number of nitrogens with one attached hydrogen (secondary N) is 1. The zero-order valence-electron chi connectivity index (χ0n) is 15.1. The molecule has 0 radical (unpaired) electrons. The minimum Gasteiger partial charge on any atom is -0.478 e. The highest BCUT2D eigenvalue weighted by Crippen LogP contribution is 2.12. The Morgan fingerprint density at radius 1 is 1.24 bits per heavy atom. The van der Waals surface area contributed by atoms with Crippen molar-refractivity contribution in [2.75, 3.05) is 58.3 Å². The number of carboxylic acids is 1. The molecule has 7 heteroatoms. The summed E-state index contributed by atoms with van der Waals surface area (Å²) in [5.41, 5.74) is 1.12. The molecule has 1 heterocycles. The van der Waals surface area contributed by atoms with Crippen molar-refractivity contribution in [2.45, 2.75) is 13.3 Å². The topological polar surface area (TPSA) is 77.4 Å². The molecular formula is C18H28N4O3. The minimum absolute atomic E-state index is 0.278. The largest absolute Gasteiger partial charge is 0.478 e. The highest BCUT2D eigenvalue weighted by molar-refractivity contribution is 5.94. The van der Waals surface area contributed by atoms with Crippen LogP contribution in [-0.2, 0) is 4.74 Å².